The number of rotatable bonds is 3. The van der Waals surface area contributed by atoms with E-state index in [9.17, 15) is 0 Å². The van der Waals surface area contributed by atoms with Crippen LogP contribution in [-0.4, -0.2) is 23.0 Å². The smallest absolute Gasteiger partial charge is 0.139 e. The fourth-order valence-corrected chi connectivity index (χ4v) is 6.18. The molecule has 4 nitrogen and oxygen atoms in total. The number of hydrogen-bond donors (Lipinski definition) is 0. The molecule has 0 atom stereocenters. The summed E-state index contributed by atoms with van der Waals surface area (Å²) in [7, 11) is -1.58. The average Bonchev–Trinajstić information content (AvgIpc) is 3.32. The van der Waals surface area contributed by atoms with Crippen LogP contribution in [0.15, 0.2) is 89.9 Å². The first-order valence-electron chi connectivity index (χ1n) is 13.6. The van der Waals surface area contributed by atoms with Crippen molar-refractivity contribution in [1.82, 2.24) is 15.0 Å². The van der Waals surface area contributed by atoms with Gasteiger partial charge in [0, 0.05) is 52.2 Å². The quantitative estimate of drug-likeness (QED) is 0.135. The third-order valence-electron chi connectivity index (χ3n) is 6.94. The normalized spacial score (nSPS) is 11.6. The third-order valence-corrected chi connectivity index (χ3v) is 8.95. The van der Waals surface area contributed by atoms with E-state index in [0.29, 0.717) is 0 Å². The molecule has 0 unspecified atom stereocenters. The van der Waals surface area contributed by atoms with Crippen molar-refractivity contribution in [2.24, 2.45) is 0 Å². The second-order valence-corrected chi connectivity index (χ2v) is 17.2. The van der Waals surface area contributed by atoms with Crippen LogP contribution >= 0.6 is 0 Å². The number of pyridine rings is 3. The predicted molar refractivity (Wildman–Crippen MR) is 169 cm³/mol. The summed E-state index contributed by atoms with van der Waals surface area (Å²) in [6.07, 6.45) is 7.38. The summed E-state index contributed by atoms with van der Waals surface area (Å²) < 4.78 is 6.29. The number of furan rings is 1. The molecule has 4 aromatic heterocycles. The van der Waals surface area contributed by atoms with Gasteiger partial charge in [-0.25, -0.2) is 0 Å². The Morgan fingerprint density at radius 1 is 0.854 bits per heavy atom. The van der Waals surface area contributed by atoms with Gasteiger partial charge < -0.3 is 14.4 Å². The predicted octanol–water partition coefficient (Wildman–Crippen LogP) is 8.54. The molecule has 2 aromatic carbocycles. The molecule has 6 heteroatoms. The van der Waals surface area contributed by atoms with Crippen LogP contribution in [0.3, 0.4) is 0 Å². The van der Waals surface area contributed by atoms with Crippen LogP contribution < -0.4 is 5.19 Å². The minimum absolute atomic E-state index is 0. The minimum Gasteiger partial charge on any atom is -0.499 e. The third kappa shape index (κ3) is 6.73. The molecule has 0 aliphatic carbocycles. The van der Waals surface area contributed by atoms with E-state index >= 15 is 0 Å². The molecule has 0 aliphatic heterocycles. The monoisotopic (exact) mass is 734 g/mol. The molecule has 6 aromatic rings. The SMILES string of the molecule is CC(C)(C)c1ccnc(-c2[c-]cc([Si](C)(C)C)c3c2oc2cnccc23)c1.Cc1ccc(-c2[c-]cccc2)nc1.[Ir]. The Labute approximate surface area is 257 Å². The van der Waals surface area contributed by atoms with Crippen LogP contribution in [0.4, 0.5) is 0 Å². The van der Waals surface area contributed by atoms with Crippen molar-refractivity contribution in [3.63, 3.8) is 0 Å². The molecule has 0 saturated carbocycles. The van der Waals surface area contributed by atoms with E-state index in [1.807, 2.05) is 61.9 Å². The molecule has 6 rings (SSSR count). The number of nitrogens with zero attached hydrogens (tertiary/aromatic N) is 3. The summed E-state index contributed by atoms with van der Waals surface area (Å²) >= 11 is 0. The molecule has 0 N–H and O–H groups in total. The number of fused-ring (bicyclic) bond motifs is 3. The van der Waals surface area contributed by atoms with Gasteiger partial charge in [-0.15, -0.1) is 53.2 Å². The summed E-state index contributed by atoms with van der Waals surface area (Å²) in [6, 6.07) is 27.0. The maximum Gasteiger partial charge on any atom is 0.139 e. The van der Waals surface area contributed by atoms with Crippen molar-refractivity contribution in [3.8, 4) is 22.5 Å². The van der Waals surface area contributed by atoms with Gasteiger partial charge in [0.25, 0.3) is 0 Å². The standard InChI is InChI=1S/C23H25N2OSi.C12H10N.Ir/c1-23(2,3)15-9-12-25-18(13-15)16-7-8-20(27(4,5)6)21-17-10-11-24-14-19(17)26-22(16)21;1-10-7-8-12(13-9-10)11-5-3-2-4-6-11;/h8-14H,1-6H3;2-5,7-9H,1H3;/q2*-1;. The van der Waals surface area contributed by atoms with Gasteiger partial charge >= 0.3 is 0 Å². The molecule has 0 saturated heterocycles. The summed E-state index contributed by atoms with van der Waals surface area (Å²) in [5.74, 6) is 0. The van der Waals surface area contributed by atoms with Crippen molar-refractivity contribution in [3.05, 3.63) is 109 Å². The maximum absolute atomic E-state index is 6.29. The van der Waals surface area contributed by atoms with Crippen LogP contribution in [0.25, 0.3) is 44.5 Å². The van der Waals surface area contributed by atoms with Crippen molar-refractivity contribution in [2.75, 3.05) is 0 Å². The molecule has 0 aliphatic rings. The second-order valence-electron chi connectivity index (χ2n) is 12.2. The molecular weight excluding hydrogens is 699 g/mol. The molecular formula is C35H35IrN3OSi-2. The van der Waals surface area contributed by atoms with Crippen LogP contribution in [0, 0.1) is 19.1 Å². The Kier molecular flexibility index (Phi) is 9.08. The first-order chi connectivity index (χ1) is 19.0. The van der Waals surface area contributed by atoms with Gasteiger partial charge in [-0.1, -0.05) is 69.6 Å². The van der Waals surface area contributed by atoms with Gasteiger partial charge in [-0.2, -0.15) is 0 Å². The van der Waals surface area contributed by atoms with E-state index in [2.05, 4.69) is 91.8 Å². The van der Waals surface area contributed by atoms with Crippen LogP contribution in [0.5, 0.6) is 0 Å². The van der Waals surface area contributed by atoms with Gasteiger partial charge in [0.2, 0.25) is 0 Å². The summed E-state index contributed by atoms with van der Waals surface area (Å²) in [5, 5.41) is 3.68. The van der Waals surface area contributed by atoms with Crippen LogP contribution in [-0.2, 0) is 25.5 Å². The fourth-order valence-electron chi connectivity index (χ4n) is 4.67. The average molecular weight is 734 g/mol. The molecule has 211 valence electrons. The number of aromatic nitrogens is 3. The molecule has 0 spiro atoms. The van der Waals surface area contributed by atoms with Crippen molar-refractivity contribution in [2.45, 2.75) is 52.8 Å². The van der Waals surface area contributed by atoms with E-state index in [0.717, 1.165) is 39.1 Å². The Hall–Kier alpha value is -3.44. The van der Waals surface area contributed by atoms with E-state index in [1.54, 1.807) is 6.20 Å². The summed E-state index contributed by atoms with van der Waals surface area (Å²) in [4.78, 5) is 13.2. The Morgan fingerprint density at radius 3 is 2.32 bits per heavy atom. The minimum atomic E-state index is -1.58. The zero-order valence-electron chi connectivity index (χ0n) is 24.7. The van der Waals surface area contributed by atoms with E-state index < -0.39 is 8.07 Å². The van der Waals surface area contributed by atoms with Gasteiger partial charge in [0.1, 0.15) is 5.58 Å². The van der Waals surface area contributed by atoms with Gasteiger partial charge in [0.05, 0.1) is 11.8 Å². The maximum atomic E-state index is 6.29. The van der Waals surface area contributed by atoms with Crippen molar-refractivity contribution >= 4 is 35.2 Å². The first-order valence-corrected chi connectivity index (χ1v) is 17.1. The van der Waals surface area contributed by atoms with Crippen molar-refractivity contribution in [1.29, 1.82) is 0 Å². The second kappa shape index (κ2) is 12.2. The van der Waals surface area contributed by atoms with Gasteiger partial charge in [-0.05, 0) is 47.0 Å². The molecule has 41 heavy (non-hydrogen) atoms. The molecule has 4 heterocycles. The van der Waals surface area contributed by atoms with Crippen LogP contribution in [0.2, 0.25) is 19.6 Å². The van der Waals surface area contributed by atoms with Gasteiger partial charge in [-0.3, -0.25) is 4.98 Å². The Morgan fingerprint density at radius 2 is 1.66 bits per heavy atom. The fraction of sp³-hybridized carbons (Fsp3) is 0.229. The number of benzene rings is 2. The Bertz CT molecular complexity index is 1770. The molecule has 0 fully saturated rings. The zero-order chi connectivity index (χ0) is 28.5. The topological polar surface area (TPSA) is 51.8 Å². The van der Waals surface area contributed by atoms with E-state index in [1.165, 1.54) is 21.7 Å². The summed E-state index contributed by atoms with van der Waals surface area (Å²) in [6.45, 7) is 15.7. The summed E-state index contributed by atoms with van der Waals surface area (Å²) in [5.41, 5.74) is 8.04. The van der Waals surface area contributed by atoms with E-state index in [-0.39, 0.29) is 25.5 Å². The number of hydrogen-bond acceptors (Lipinski definition) is 4. The van der Waals surface area contributed by atoms with Crippen LogP contribution in [0.1, 0.15) is 31.9 Å². The molecule has 1 radical (unpaired) electrons. The van der Waals surface area contributed by atoms with Gasteiger partial charge in [0.15, 0.2) is 0 Å². The zero-order valence-corrected chi connectivity index (χ0v) is 28.1. The number of aryl methyl sites for hydroxylation is 1. The largest absolute Gasteiger partial charge is 0.499 e. The van der Waals surface area contributed by atoms with Crippen molar-refractivity contribution < 1.29 is 24.5 Å². The molecule has 0 bridgehead atoms. The van der Waals surface area contributed by atoms with E-state index in [4.69, 9.17) is 4.42 Å². The molecule has 0 amide bonds. The first kappa shape index (κ1) is 30.5. The Balaban J connectivity index is 0.000000233.